The van der Waals surface area contributed by atoms with Crippen molar-refractivity contribution < 1.29 is 14.7 Å². The predicted molar refractivity (Wildman–Crippen MR) is 87.9 cm³/mol. The molecule has 0 aliphatic heterocycles. The van der Waals surface area contributed by atoms with Crippen molar-refractivity contribution in [2.75, 3.05) is 0 Å². The summed E-state index contributed by atoms with van der Waals surface area (Å²) in [5.41, 5.74) is -0.752. The van der Waals surface area contributed by atoms with Crippen molar-refractivity contribution >= 4 is 22.6 Å². The zero-order valence-electron chi connectivity index (χ0n) is 13.2. The van der Waals surface area contributed by atoms with Crippen molar-refractivity contribution in [3.63, 3.8) is 0 Å². The topological polar surface area (TPSA) is 121 Å². The monoisotopic (exact) mass is 333 g/mol. The van der Waals surface area contributed by atoms with Gasteiger partial charge < -0.3 is 10.4 Å². The van der Waals surface area contributed by atoms with Crippen LogP contribution in [0.5, 0.6) is 0 Å². The van der Waals surface area contributed by atoms with Crippen LogP contribution in [0, 0.1) is 0 Å². The Hall–Kier alpha value is -2.90. The Morgan fingerprint density at radius 2 is 1.88 bits per heavy atom. The van der Waals surface area contributed by atoms with E-state index in [9.17, 15) is 19.2 Å². The van der Waals surface area contributed by atoms with Crippen molar-refractivity contribution in [3.05, 3.63) is 45.0 Å². The lowest BCUT2D eigenvalue weighted by atomic mass is 10.2. The number of carbonyl (C=O) groups is 2. The van der Waals surface area contributed by atoms with E-state index in [-0.39, 0.29) is 42.5 Å². The van der Waals surface area contributed by atoms with E-state index in [1.807, 2.05) is 0 Å². The van der Waals surface area contributed by atoms with E-state index in [1.165, 1.54) is 0 Å². The second-order valence-corrected chi connectivity index (χ2v) is 5.59. The average Bonchev–Trinajstić information content (AvgIpc) is 2.55. The molecule has 0 saturated heterocycles. The number of nitrogens with zero attached hydrogens (tertiary/aromatic N) is 1. The quantitative estimate of drug-likeness (QED) is 0.679. The molecule has 1 amide bonds. The van der Waals surface area contributed by atoms with Crippen LogP contribution in [0.4, 0.5) is 0 Å². The number of aryl methyl sites for hydroxylation is 1. The first-order chi connectivity index (χ1) is 11.4. The Balaban J connectivity index is 2.02. The van der Waals surface area contributed by atoms with E-state index in [0.717, 1.165) is 4.68 Å². The molecule has 0 spiro atoms. The highest BCUT2D eigenvalue weighted by molar-refractivity contribution is 5.80. The number of carboxylic acid groups (broad SMARTS) is 1. The second-order valence-electron chi connectivity index (χ2n) is 5.59. The molecule has 0 radical (unpaired) electrons. The lowest BCUT2D eigenvalue weighted by molar-refractivity contribution is -0.137. The predicted octanol–water partition coefficient (Wildman–Crippen LogP) is 0.449. The Morgan fingerprint density at radius 3 is 2.54 bits per heavy atom. The summed E-state index contributed by atoms with van der Waals surface area (Å²) in [6.45, 7) is 1.75. The van der Waals surface area contributed by atoms with Gasteiger partial charge in [0, 0.05) is 18.9 Å². The minimum absolute atomic E-state index is 0.00555. The Kier molecular flexibility index (Phi) is 5.51. The van der Waals surface area contributed by atoms with Gasteiger partial charge in [0.2, 0.25) is 5.91 Å². The molecular formula is C16H19N3O5. The van der Waals surface area contributed by atoms with Crippen LogP contribution in [0.3, 0.4) is 0 Å². The first-order valence-electron chi connectivity index (χ1n) is 7.61. The maximum atomic E-state index is 12.3. The standard InChI is InChI=1S/C16H19N3O5/c1-10(6-7-14(21)22)17-13(20)8-9-19-16(24)12-5-3-2-4-11(12)15(23)18-19/h2-5,10H,6-9H2,1H3,(H,17,20)(H,18,23)(H,21,22). The number of fused-ring (bicyclic) bond motifs is 1. The van der Waals surface area contributed by atoms with E-state index in [4.69, 9.17) is 5.11 Å². The fraction of sp³-hybridized carbons (Fsp3) is 0.375. The Bertz CT molecular complexity index is 868. The Morgan fingerprint density at radius 1 is 1.21 bits per heavy atom. The third kappa shape index (κ3) is 4.31. The Labute approximate surface area is 137 Å². The number of carbonyl (C=O) groups excluding carboxylic acids is 1. The van der Waals surface area contributed by atoms with Gasteiger partial charge in [-0.2, -0.15) is 0 Å². The van der Waals surface area contributed by atoms with E-state index >= 15 is 0 Å². The van der Waals surface area contributed by atoms with Crippen LogP contribution in [0.25, 0.3) is 10.8 Å². The van der Waals surface area contributed by atoms with Crippen LogP contribution in [-0.2, 0) is 16.1 Å². The molecule has 2 rings (SSSR count). The fourth-order valence-electron chi connectivity index (χ4n) is 2.38. The summed E-state index contributed by atoms with van der Waals surface area (Å²) >= 11 is 0. The molecule has 24 heavy (non-hydrogen) atoms. The molecule has 0 saturated carbocycles. The van der Waals surface area contributed by atoms with Gasteiger partial charge in [-0.05, 0) is 25.5 Å². The molecule has 8 nitrogen and oxygen atoms in total. The minimum atomic E-state index is -0.920. The van der Waals surface area contributed by atoms with Crippen LogP contribution >= 0.6 is 0 Å². The number of H-pyrrole nitrogens is 1. The highest BCUT2D eigenvalue weighted by atomic mass is 16.4. The lowest BCUT2D eigenvalue weighted by Gasteiger charge is -2.13. The van der Waals surface area contributed by atoms with Gasteiger partial charge in [-0.15, -0.1) is 0 Å². The molecule has 128 valence electrons. The zero-order valence-corrected chi connectivity index (χ0v) is 13.2. The number of aromatic amines is 1. The molecule has 8 heteroatoms. The molecule has 1 atom stereocenters. The van der Waals surface area contributed by atoms with Crippen molar-refractivity contribution in [2.24, 2.45) is 0 Å². The molecular weight excluding hydrogens is 314 g/mol. The third-order valence-corrected chi connectivity index (χ3v) is 3.64. The van der Waals surface area contributed by atoms with E-state index < -0.39 is 5.97 Å². The van der Waals surface area contributed by atoms with Gasteiger partial charge in [-0.3, -0.25) is 24.3 Å². The van der Waals surface area contributed by atoms with Gasteiger partial charge in [-0.25, -0.2) is 4.68 Å². The van der Waals surface area contributed by atoms with Crippen LogP contribution in [0.1, 0.15) is 26.2 Å². The van der Waals surface area contributed by atoms with E-state index in [0.29, 0.717) is 17.2 Å². The highest BCUT2D eigenvalue weighted by Crippen LogP contribution is 2.03. The zero-order chi connectivity index (χ0) is 17.7. The third-order valence-electron chi connectivity index (χ3n) is 3.64. The molecule has 0 bridgehead atoms. The van der Waals surface area contributed by atoms with E-state index in [2.05, 4.69) is 10.4 Å². The van der Waals surface area contributed by atoms with Crippen LogP contribution < -0.4 is 16.4 Å². The van der Waals surface area contributed by atoms with Gasteiger partial charge in [-0.1, -0.05) is 12.1 Å². The molecule has 2 aromatic rings. The van der Waals surface area contributed by atoms with E-state index in [1.54, 1.807) is 31.2 Å². The minimum Gasteiger partial charge on any atom is -0.481 e. The highest BCUT2D eigenvalue weighted by Gasteiger charge is 2.11. The number of hydrogen-bond donors (Lipinski definition) is 3. The summed E-state index contributed by atoms with van der Waals surface area (Å²) in [6, 6.07) is 6.20. The number of carboxylic acids is 1. The first kappa shape index (κ1) is 17.5. The van der Waals surface area contributed by atoms with Crippen molar-refractivity contribution in [1.29, 1.82) is 0 Å². The molecule has 1 aromatic heterocycles. The van der Waals surface area contributed by atoms with Crippen molar-refractivity contribution in [1.82, 2.24) is 15.1 Å². The summed E-state index contributed by atoms with van der Waals surface area (Å²) in [4.78, 5) is 46.6. The molecule has 0 fully saturated rings. The summed E-state index contributed by atoms with van der Waals surface area (Å²) in [5, 5.41) is 14.3. The largest absolute Gasteiger partial charge is 0.481 e. The van der Waals surface area contributed by atoms with Crippen molar-refractivity contribution in [2.45, 2.75) is 38.8 Å². The van der Waals surface area contributed by atoms with Gasteiger partial charge in [0.15, 0.2) is 0 Å². The smallest absolute Gasteiger partial charge is 0.303 e. The maximum Gasteiger partial charge on any atom is 0.303 e. The molecule has 0 aliphatic rings. The molecule has 3 N–H and O–H groups in total. The summed E-state index contributed by atoms with van der Waals surface area (Å²) < 4.78 is 1.12. The second kappa shape index (κ2) is 7.58. The maximum absolute atomic E-state index is 12.3. The van der Waals surface area contributed by atoms with Gasteiger partial charge in [0.1, 0.15) is 0 Å². The summed E-state index contributed by atoms with van der Waals surface area (Å²) in [7, 11) is 0. The summed E-state index contributed by atoms with van der Waals surface area (Å²) in [5.74, 6) is -1.23. The number of nitrogens with one attached hydrogen (secondary N) is 2. The average molecular weight is 333 g/mol. The number of rotatable bonds is 7. The van der Waals surface area contributed by atoms with Crippen molar-refractivity contribution in [3.8, 4) is 0 Å². The molecule has 1 aromatic carbocycles. The number of amides is 1. The number of aliphatic carboxylic acids is 1. The SMILES string of the molecule is CC(CCC(=O)O)NC(=O)CCn1[nH]c(=O)c2ccccc2c1=O. The van der Waals surface area contributed by atoms with Crippen LogP contribution in [-0.4, -0.2) is 32.8 Å². The molecule has 1 unspecified atom stereocenters. The summed E-state index contributed by atoms with van der Waals surface area (Å²) in [6.07, 6.45) is 0.304. The lowest BCUT2D eigenvalue weighted by Crippen LogP contribution is -2.35. The number of hydrogen-bond acceptors (Lipinski definition) is 4. The molecule has 0 aliphatic carbocycles. The van der Waals surface area contributed by atoms with Crippen LogP contribution in [0.2, 0.25) is 0 Å². The van der Waals surface area contributed by atoms with Gasteiger partial charge in [0.25, 0.3) is 11.1 Å². The number of aromatic nitrogens is 2. The first-order valence-corrected chi connectivity index (χ1v) is 7.61. The van der Waals surface area contributed by atoms with Crippen LogP contribution in [0.15, 0.2) is 33.9 Å². The van der Waals surface area contributed by atoms with Gasteiger partial charge in [0.05, 0.1) is 17.3 Å². The normalized spacial score (nSPS) is 12.0. The number of benzene rings is 1. The fourth-order valence-corrected chi connectivity index (χ4v) is 2.38. The van der Waals surface area contributed by atoms with Gasteiger partial charge >= 0.3 is 5.97 Å². The molecule has 1 heterocycles.